The molecule has 0 radical (unpaired) electrons. The second-order valence-electron chi connectivity index (χ2n) is 8.62. The average Bonchev–Trinajstić information content (AvgIpc) is 2.90. The van der Waals surface area contributed by atoms with Gasteiger partial charge < -0.3 is 24.4 Å². The van der Waals surface area contributed by atoms with Gasteiger partial charge in [-0.05, 0) is 66.9 Å². The molecule has 3 aromatic carbocycles. The standard InChI is InChI=1S/C28H29ClN2O5/c1-17-15-24(25(36-4)16-23(17)29)30-28(33)22-13-14-26(32)31(19-7-11-21(35-3)12-8-19)27(22)18-5-9-20(34-2)10-6-18/h5-12,15-16,22,27H,13-14H2,1-4H3,(H,30,33)/t22-,27+/m1/s1. The molecule has 8 heteroatoms. The van der Waals surface area contributed by atoms with Gasteiger partial charge in [0.25, 0.3) is 0 Å². The number of carbonyl (C=O) groups is 2. The molecule has 0 aliphatic carbocycles. The Morgan fingerprint density at radius 1 is 0.944 bits per heavy atom. The minimum Gasteiger partial charge on any atom is -0.497 e. The Labute approximate surface area is 215 Å². The minimum absolute atomic E-state index is 0.0510. The zero-order chi connectivity index (χ0) is 25.8. The molecule has 1 heterocycles. The van der Waals surface area contributed by atoms with E-state index < -0.39 is 12.0 Å². The van der Waals surface area contributed by atoms with Crippen LogP contribution in [0, 0.1) is 12.8 Å². The van der Waals surface area contributed by atoms with Gasteiger partial charge in [-0.2, -0.15) is 0 Å². The third-order valence-corrected chi connectivity index (χ3v) is 6.89. The van der Waals surface area contributed by atoms with E-state index in [9.17, 15) is 9.59 Å². The first-order chi connectivity index (χ1) is 17.4. The lowest BCUT2D eigenvalue weighted by Crippen LogP contribution is -2.47. The van der Waals surface area contributed by atoms with Crippen molar-refractivity contribution in [2.45, 2.75) is 25.8 Å². The van der Waals surface area contributed by atoms with Crippen molar-refractivity contribution in [3.05, 3.63) is 76.8 Å². The van der Waals surface area contributed by atoms with Crippen molar-refractivity contribution < 1.29 is 23.8 Å². The topological polar surface area (TPSA) is 77.1 Å². The molecule has 1 aliphatic heterocycles. The number of hydrogen-bond acceptors (Lipinski definition) is 5. The molecule has 2 amide bonds. The fourth-order valence-corrected chi connectivity index (χ4v) is 4.71. The van der Waals surface area contributed by atoms with E-state index in [1.165, 1.54) is 7.11 Å². The second kappa shape index (κ2) is 10.9. The highest BCUT2D eigenvalue weighted by Gasteiger charge is 2.41. The fourth-order valence-electron chi connectivity index (χ4n) is 4.55. The molecular weight excluding hydrogens is 480 g/mol. The summed E-state index contributed by atoms with van der Waals surface area (Å²) in [7, 11) is 4.72. The number of aryl methyl sites for hydroxylation is 1. The van der Waals surface area contributed by atoms with Gasteiger partial charge in [-0.25, -0.2) is 0 Å². The highest BCUT2D eigenvalue weighted by Crippen LogP contribution is 2.42. The van der Waals surface area contributed by atoms with Crippen LogP contribution >= 0.6 is 11.6 Å². The highest BCUT2D eigenvalue weighted by molar-refractivity contribution is 6.31. The van der Waals surface area contributed by atoms with Gasteiger partial charge in [0.2, 0.25) is 11.8 Å². The third-order valence-electron chi connectivity index (χ3n) is 6.48. The Morgan fingerprint density at radius 3 is 2.14 bits per heavy atom. The van der Waals surface area contributed by atoms with E-state index in [0.29, 0.717) is 40.1 Å². The summed E-state index contributed by atoms with van der Waals surface area (Å²) in [6, 6.07) is 17.7. The fraction of sp³-hybridized carbons (Fsp3) is 0.286. The summed E-state index contributed by atoms with van der Waals surface area (Å²) in [4.78, 5) is 28.7. The Kier molecular flexibility index (Phi) is 7.70. The van der Waals surface area contributed by atoms with Crippen molar-refractivity contribution in [3.63, 3.8) is 0 Å². The van der Waals surface area contributed by atoms with Crippen LogP contribution in [-0.2, 0) is 9.59 Å². The Hall–Kier alpha value is -3.71. The van der Waals surface area contributed by atoms with Crippen LogP contribution in [-0.4, -0.2) is 33.1 Å². The maximum atomic E-state index is 13.7. The highest BCUT2D eigenvalue weighted by atomic mass is 35.5. The summed E-state index contributed by atoms with van der Waals surface area (Å²) >= 11 is 6.25. The number of amides is 2. The van der Waals surface area contributed by atoms with Gasteiger partial charge in [-0.15, -0.1) is 0 Å². The van der Waals surface area contributed by atoms with Crippen LogP contribution < -0.4 is 24.4 Å². The molecule has 1 N–H and O–H groups in total. The van der Waals surface area contributed by atoms with Crippen molar-refractivity contribution in [2.75, 3.05) is 31.5 Å². The lowest BCUT2D eigenvalue weighted by Gasteiger charge is -2.41. The summed E-state index contributed by atoms with van der Waals surface area (Å²) in [6.07, 6.45) is 0.649. The molecule has 188 valence electrons. The predicted octanol–water partition coefficient (Wildman–Crippen LogP) is 5.80. The minimum atomic E-state index is -0.523. The van der Waals surface area contributed by atoms with E-state index in [2.05, 4.69) is 5.32 Å². The molecule has 0 saturated carbocycles. The molecular formula is C28H29ClN2O5. The van der Waals surface area contributed by atoms with Gasteiger partial charge in [-0.3, -0.25) is 9.59 Å². The number of nitrogens with zero attached hydrogens (tertiary/aromatic N) is 1. The van der Waals surface area contributed by atoms with Crippen LogP contribution in [0.15, 0.2) is 60.7 Å². The molecule has 1 saturated heterocycles. The van der Waals surface area contributed by atoms with E-state index in [-0.39, 0.29) is 18.2 Å². The van der Waals surface area contributed by atoms with Crippen molar-refractivity contribution in [3.8, 4) is 17.2 Å². The zero-order valence-corrected chi connectivity index (χ0v) is 21.5. The maximum absolute atomic E-state index is 13.7. The number of rotatable bonds is 7. The molecule has 0 spiro atoms. The van der Waals surface area contributed by atoms with E-state index in [4.69, 9.17) is 25.8 Å². The monoisotopic (exact) mass is 508 g/mol. The molecule has 4 rings (SSSR count). The Balaban J connectivity index is 1.75. The number of hydrogen-bond donors (Lipinski definition) is 1. The number of benzene rings is 3. The van der Waals surface area contributed by atoms with Gasteiger partial charge in [0.1, 0.15) is 17.2 Å². The van der Waals surface area contributed by atoms with Crippen LogP contribution in [0.1, 0.15) is 30.0 Å². The molecule has 0 bridgehead atoms. The number of anilines is 2. The summed E-state index contributed by atoms with van der Waals surface area (Å²) in [5.41, 5.74) is 2.88. The van der Waals surface area contributed by atoms with Crippen molar-refractivity contribution >= 4 is 34.8 Å². The first-order valence-electron chi connectivity index (χ1n) is 11.6. The maximum Gasteiger partial charge on any atom is 0.230 e. The lowest BCUT2D eigenvalue weighted by molar-refractivity contribution is -0.125. The first kappa shape index (κ1) is 25.4. The molecule has 36 heavy (non-hydrogen) atoms. The smallest absolute Gasteiger partial charge is 0.230 e. The van der Waals surface area contributed by atoms with Crippen LogP contribution in [0.2, 0.25) is 5.02 Å². The normalized spacial score (nSPS) is 17.5. The Bertz CT molecular complexity index is 1240. The summed E-state index contributed by atoms with van der Waals surface area (Å²) < 4.78 is 16.0. The average molecular weight is 509 g/mol. The number of ether oxygens (including phenoxy) is 3. The van der Waals surface area contributed by atoms with Crippen molar-refractivity contribution in [1.82, 2.24) is 0 Å². The van der Waals surface area contributed by atoms with Gasteiger partial charge in [0, 0.05) is 23.2 Å². The summed E-state index contributed by atoms with van der Waals surface area (Å²) in [5.74, 6) is 1.08. The lowest BCUT2D eigenvalue weighted by atomic mass is 9.83. The number of carbonyl (C=O) groups excluding carboxylic acids is 2. The Morgan fingerprint density at radius 2 is 1.56 bits per heavy atom. The van der Waals surface area contributed by atoms with E-state index in [1.54, 1.807) is 43.4 Å². The molecule has 3 aromatic rings. The quantitative estimate of drug-likeness (QED) is 0.436. The number of piperidine rings is 1. The number of nitrogens with one attached hydrogen (secondary N) is 1. The van der Waals surface area contributed by atoms with E-state index in [0.717, 1.165) is 11.1 Å². The zero-order valence-electron chi connectivity index (χ0n) is 20.7. The van der Waals surface area contributed by atoms with E-state index >= 15 is 0 Å². The van der Waals surface area contributed by atoms with Crippen LogP contribution in [0.3, 0.4) is 0 Å². The van der Waals surface area contributed by atoms with Gasteiger partial charge in [-0.1, -0.05) is 23.7 Å². The van der Waals surface area contributed by atoms with E-state index in [1.807, 2.05) is 43.3 Å². The van der Waals surface area contributed by atoms with Crippen LogP contribution in [0.4, 0.5) is 11.4 Å². The largest absolute Gasteiger partial charge is 0.497 e. The molecule has 0 unspecified atom stereocenters. The summed E-state index contributed by atoms with van der Waals surface area (Å²) in [6.45, 7) is 1.86. The van der Waals surface area contributed by atoms with Crippen molar-refractivity contribution in [1.29, 1.82) is 0 Å². The number of methoxy groups -OCH3 is 3. The van der Waals surface area contributed by atoms with Gasteiger partial charge >= 0.3 is 0 Å². The SMILES string of the molecule is COc1ccc([C@H]2[C@H](C(=O)Nc3cc(C)c(Cl)cc3OC)CCC(=O)N2c2ccc(OC)cc2)cc1. The molecule has 1 fully saturated rings. The molecule has 2 atom stereocenters. The van der Waals surface area contributed by atoms with Crippen LogP contribution in [0.5, 0.6) is 17.2 Å². The van der Waals surface area contributed by atoms with Gasteiger partial charge in [0.15, 0.2) is 0 Å². The van der Waals surface area contributed by atoms with Crippen LogP contribution in [0.25, 0.3) is 0 Å². The summed E-state index contributed by atoms with van der Waals surface area (Å²) in [5, 5.41) is 3.57. The van der Waals surface area contributed by atoms with Crippen molar-refractivity contribution in [2.24, 2.45) is 5.92 Å². The number of halogens is 1. The second-order valence-corrected chi connectivity index (χ2v) is 9.02. The van der Waals surface area contributed by atoms with Gasteiger partial charge in [0.05, 0.1) is 39.0 Å². The third kappa shape index (κ3) is 5.11. The first-order valence-corrected chi connectivity index (χ1v) is 12.0. The molecule has 1 aliphatic rings. The predicted molar refractivity (Wildman–Crippen MR) is 140 cm³/mol. The molecule has 0 aromatic heterocycles. The molecule has 7 nitrogen and oxygen atoms in total.